The van der Waals surface area contributed by atoms with Gasteiger partial charge in [-0.3, -0.25) is 9.59 Å². The fourth-order valence-electron chi connectivity index (χ4n) is 2.94. The van der Waals surface area contributed by atoms with E-state index < -0.39 is 18.0 Å². The maximum absolute atomic E-state index is 12.8. The smallest absolute Gasteiger partial charge is 0.341 e. The standard InChI is InChI=1S/C23H21ClN2O4/c1-13-8-9-18(24)12-20(13)26-22(28)14(2)30-23(29)19-10-16-6-4-5-7-17(16)11-21(19)25-15(3)27/h4-12,14H,1-3H3,(H,25,27)(H,26,28). The number of esters is 1. The van der Waals surface area contributed by atoms with Crippen LogP contribution in [0.4, 0.5) is 11.4 Å². The van der Waals surface area contributed by atoms with Crippen LogP contribution in [0.1, 0.15) is 29.8 Å². The molecule has 1 atom stereocenters. The molecule has 3 rings (SSSR count). The lowest BCUT2D eigenvalue weighted by molar-refractivity contribution is -0.123. The minimum atomic E-state index is -1.06. The molecule has 30 heavy (non-hydrogen) atoms. The lowest BCUT2D eigenvalue weighted by atomic mass is 10.0. The molecule has 7 heteroatoms. The molecule has 154 valence electrons. The number of carbonyl (C=O) groups excluding carboxylic acids is 3. The van der Waals surface area contributed by atoms with Gasteiger partial charge in [0.05, 0.1) is 11.3 Å². The molecule has 0 fully saturated rings. The van der Waals surface area contributed by atoms with Gasteiger partial charge in [0.15, 0.2) is 6.10 Å². The molecule has 0 bridgehead atoms. The first-order valence-electron chi connectivity index (χ1n) is 9.33. The summed E-state index contributed by atoms with van der Waals surface area (Å²) < 4.78 is 5.38. The van der Waals surface area contributed by atoms with E-state index in [9.17, 15) is 14.4 Å². The topological polar surface area (TPSA) is 84.5 Å². The molecule has 0 saturated carbocycles. The van der Waals surface area contributed by atoms with Gasteiger partial charge >= 0.3 is 5.97 Å². The van der Waals surface area contributed by atoms with Crippen LogP contribution >= 0.6 is 11.6 Å². The molecule has 0 heterocycles. The number of benzene rings is 3. The molecule has 0 aliphatic heterocycles. The fraction of sp³-hybridized carbons (Fsp3) is 0.174. The molecule has 2 amide bonds. The van der Waals surface area contributed by atoms with E-state index in [0.717, 1.165) is 16.3 Å². The Balaban J connectivity index is 1.81. The van der Waals surface area contributed by atoms with Gasteiger partial charge in [0, 0.05) is 17.6 Å². The van der Waals surface area contributed by atoms with Gasteiger partial charge in [-0.2, -0.15) is 0 Å². The molecular weight excluding hydrogens is 404 g/mol. The SMILES string of the molecule is CC(=O)Nc1cc2ccccc2cc1C(=O)OC(C)C(=O)Nc1cc(Cl)ccc1C. The van der Waals surface area contributed by atoms with Gasteiger partial charge in [-0.1, -0.05) is 41.9 Å². The highest BCUT2D eigenvalue weighted by atomic mass is 35.5. The molecule has 3 aromatic rings. The van der Waals surface area contributed by atoms with Crippen molar-refractivity contribution in [3.8, 4) is 0 Å². The molecule has 0 spiro atoms. The van der Waals surface area contributed by atoms with Crippen molar-refractivity contribution in [1.82, 2.24) is 0 Å². The third-order valence-corrected chi connectivity index (χ3v) is 4.76. The zero-order valence-corrected chi connectivity index (χ0v) is 17.5. The fourth-order valence-corrected chi connectivity index (χ4v) is 3.12. The number of amides is 2. The van der Waals surface area contributed by atoms with Crippen molar-refractivity contribution in [1.29, 1.82) is 0 Å². The maximum Gasteiger partial charge on any atom is 0.341 e. The molecule has 6 nitrogen and oxygen atoms in total. The monoisotopic (exact) mass is 424 g/mol. The summed E-state index contributed by atoms with van der Waals surface area (Å²) in [6.07, 6.45) is -1.06. The first-order chi connectivity index (χ1) is 14.2. The Morgan fingerprint density at radius 1 is 0.933 bits per heavy atom. The van der Waals surface area contributed by atoms with Crippen LogP contribution in [0.3, 0.4) is 0 Å². The second-order valence-electron chi connectivity index (χ2n) is 6.92. The second-order valence-corrected chi connectivity index (χ2v) is 7.36. The largest absolute Gasteiger partial charge is 0.449 e. The average molecular weight is 425 g/mol. The number of hydrogen-bond donors (Lipinski definition) is 2. The van der Waals surface area contributed by atoms with Gasteiger partial charge in [-0.05, 0) is 54.4 Å². The van der Waals surface area contributed by atoms with Gasteiger partial charge in [-0.15, -0.1) is 0 Å². The van der Waals surface area contributed by atoms with Crippen LogP contribution < -0.4 is 10.6 Å². The van der Waals surface area contributed by atoms with Gasteiger partial charge < -0.3 is 15.4 Å². The van der Waals surface area contributed by atoms with Crippen LogP contribution in [0.2, 0.25) is 5.02 Å². The summed E-state index contributed by atoms with van der Waals surface area (Å²) in [5.74, 6) is -1.52. The Kier molecular flexibility index (Phi) is 6.37. The Labute approximate surface area is 179 Å². The number of hydrogen-bond acceptors (Lipinski definition) is 4. The van der Waals surface area contributed by atoms with Crippen molar-refractivity contribution in [2.75, 3.05) is 10.6 Å². The van der Waals surface area contributed by atoms with Crippen LogP contribution in [-0.2, 0) is 14.3 Å². The molecule has 0 aliphatic rings. The summed E-state index contributed by atoms with van der Waals surface area (Å²) in [5.41, 5.74) is 1.86. The Morgan fingerprint density at radius 2 is 1.60 bits per heavy atom. The van der Waals surface area contributed by atoms with Crippen LogP contribution in [0, 0.1) is 6.92 Å². The normalized spacial score (nSPS) is 11.6. The number of carbonyl (C=O) groups is 3. The first-order valence-corrected chi connectivity index (χ1v) is 9.71. The second kappa shape index (κ2) is 8.97. The van der Waals surface area contributed by atoms with E-state index in [0.29, 0.717) is 16.4 Å². The first kappa shape index (κ1) is 21.3. The minimum absolute atomic E-state index is 0.169. The van der Waals surface area contributed by atoms with Crippen molar-refractivity contribution in [3.63, 3.8) is 0 Å². The molecular formula is C23H21ClN2O4. The van der Waals surface area contributed by atoms with Crippen LogP contribution in [0.5, 0.6) is 0 Å². The highest BCUT2D eigenvalue weighted by Crippen LogP contribution is 2.26. The molecule has 0 radical (unpaired) electrons. The van der Waals surface area contributed by atoms with E-state index in [1.165, 1.54) is 13.8 Å². The number of nitrogens with one attached hydrogen (secondary N) is 2. The minimum Gasteiger partial charge on any atom is -0.449 e. The highest BCUT2D eigenvalue weighted by Gasteiger charge is 2.22. The summed E-state index contributed by atoms with van der Waals surface area (Å²) >= 11 is 5.98. The number of rotatable bonds is 5. The van der Waals surface area contributed by atoms with Crippen molar-refractivity contribution in [3.05, 3.63) is 70.7 Å². The highest BCUT2D eigenvalue weighted by molar-refractivity contribution is 6.31. The predicted molar refractivity (Wildman–Crippen MR) is 118 cm³/mol. The lowest BCUT2D eigenvalue weighted by Crippen LogP contribution is -2.30. The summed E-state index contributed by atoms with van der Waals surface area (Å²) in [6.45, 7) is 4.66. The van der Waals surface area contributed by atoms with E-state index in [2.05, 4.69) is 10.6 Å². The van der Waals surface area contributed by atoms with Gasteiger partial charge in [0.25, 0.3) is 5.91 Å². The van der Waals surface area contributed by atoms with Crippen molar-refractivity contribution < 1.29 is 19.1 Å². The molecule has 3 aromatic carbocycles. The van der Waals surface area contributed by atoms with Crippen molar-refractivity contribution >= 4 is 51.5 Å². The summed E-state index contributed by atoms with van der Waals surface area (Å²) in [5, 5.41) is 7.52. The molecule has 0 saturated heterocycles. The van der Waals surface area contributed by atoms with E-state index in [1.54, 1.807) is 30.3 Å². The molecule has 0 aromatic heterocycles. The number of aryl methyl sites for hydroxylation is 1. The summed E-state index contributed by atoms with van der Waals surface area (Å²) in [4.78, 5) is 36.9. The predicted octanol–water partition coefficient (Wildman–Crippen LogP) is 4.94. The van der Waals surface area contributed by atoms with Crippen molar-refractivity contribution in [2.24, 2.45) is 0 Å². The van der Waals surface area contributed by atoms with Crippen LogP contribution in [-0.4, -0.2) is 23.9 Å². The number of fused-ring (bicyclic) bond motifs is 1. The molecule has 1 unspecified atom stereocenters. The summed E-state index contributed by atoms with van der Waals surface area (Å²) in [6, 6.07) is 15.9. The van der Waals surface area contributed by atoms with Gasteiger partial charge in [-0.25, -0.2) is 4.79 Å². The van der Waals surface area contributed by atoms with E-state index in [4.69, 9.17) is 16.3 Å². The quantitative estimate of drug-likeness (QED) is 0.568. The third kappa shape index (κ3) is 4.96. The zero-order chi connectivity index (χ0) is 21.8. The van der Waals surface area contributed by atoms with Crippen LogP contribution in [0.15, 0.2) is 54.6 Å². The van der Waals surface area contributed by atoms with Gasteiger partial charge in [0.1, 0.15) is 0 Å². The zero-order valence-electron chi connectivity index (χ0n) is 16.8. The van der Waals surface area contributed by atoms with Gasteiger partial charge in [0.2, 0.25) is 5.91 Å². The summed E-state index contributed by atoms with van der Waals surface area (Å²) in [7, 11) is 0. The third-order valence-electron chi connectivity index (χ3n) is 4.53. The average Bonchev–Trinajstić information content (AvgIpc) is 2.69. The number of anilines is 2. The van der Waals surface area contributed by atoms with Crippen LogP contribution in [0.25, 0.3) is 10.8 Å². The van der Waals surface area contributed by atoms with Crippen molar-refractivity contribution in [2.45, 2.75) is 26.9 Å². The van der Waals surface area contributed by atoms with E-state index in [-0.39, 0.29) is 11.5 Å². The molecule has 0 aliphatic carbocycles. The number of ether oxygens (including phenoxy) is 1. The molecule has 2 N–H and O–H groups in total. The van der Waals surface area contributed by atoms with E-state index in [1.807, 2.05) is 31.2 Å². The Bertz CT molecular complexity index is 1140. The Morgan fingerprint density at radius 3 is 2.27 bits per heavy atom. The Hall–Kier alpha value is -3.38. The lowest BCUT2D eigenvalue weighted by Gasteiger charge is -2.17. The number of halogens is 1. The van der Waals surface area contributed by atoms with E-state index >= 15 is 0 Å². The maximum atomic E-state index is 12.8.